The maximum absolute atomic E-state index is 12.4. The molecule has 1 aliphatic heterocycles. The molecule has 1 aliphatic rings. The van der Waals surface area contributed by atoms with Gasteiger partial charge in [-0.2, -0.15) is 11.8 Å². The molecule has 8 heteroatoms. The van der Waals surface area contributed by atoms with E-state index in [0.717, 1.165) is 11.5 Å². The number of nitrogen functional groups attached to an aromatic ring is 1. The zero-order valence-electron chi connectivity index (χ0n) is 11.0. The molecule has 1 aromatic rings. The number of nitrogens with zero attached hydrogens (tertiary/aromatic N) is 2. The normalized spacial score (nSPS) is 18.7. The number of nitro groups is 1. The molecule has 1 saturated heterocycles. The van der Waals surface area contributed by atoms with Gasteiger partial charge in [-0.25, -0.2) is 0 Å². The molecular formula is C12H16N4O3S. The molecule has 0 bridgehead atoms. The van der Waals surface area contributed by atoms with Crippen molar-refractivity contribution in [1.29, 1.82) is 0 Å². The number of carbonyl (C=O) groups is 1. The lowest BCUT2D eigenvalue weighted by molar-refractivity contribution is -0.384. The number of rotatable bonds is 3. The molecule has 1 aromatic carbocycles. The molecule has 0 radical (unpaired) electrons. The summed E-state index contributed by atoms with van der Waals surface area (Å²) in [5.74, 6) is 6.83. The molecule has 0 spiro atoms. The zero-order valence-corrected chi connectivity index (χ0v) is 11.9. The summed E-state index contributed by atoms with van der Waals surface area (Å²) in [4.78, 5) is 24.6. The summed E-state index contributed by atoms with van der Waals surface area (Å²) in [5, 5.41) is 11.0. The standard InChI is InChI=1S/C12H16N4O3S/c1-8-7-20-5-4-15(8)12(17)9-2-3-10(14-13)11(6-9)16(18)19/h2-3,6,8,14H,4-5,7,13H2,1H3. The summed E-state index contributed by atoms with van der Waals surface area (Å²) in [5.41, 5.74) is 2.57. The number of amides is 1. The number of hydrogen-bond donors (Lipinski definition) is 2. The summed E-state index contributed by atoms with van der Waals surface area (Å²) < 4.78 is 0. The highest BCUT2D eigenvalue weighted by atomic mass is 32.2. The van der Waals surface area contributed by atoms with E-state index in [9.17, 15) is 14.9 Å². The Balaban J connectivity index is 2.30. The lowest BCUT2D eigenvalue weighted by Gasteiger charge is -2.33. The van der Waals surface area contributed by atoms with Crippen molar-refractivity contribution in [3.8, 4) is 0 Å². The Bertz CT molecular complexity index is 537. The van der Waals surface area contributed by atoms with Crippen molar-refractivity contribution >= 4 is 29.0 Å². The van der Waals surface area contributed by atoms with Crippen molar-refractivity contribution in [3.63, 3.8) is 0 Å². The van der Waals surface area contributed by atoms with E-state index >= 15 is 0 Å². The van der Waals surface area contributed by atoms with Gasteiger partial charge in [-0.1, -0.05) is 0 Å². The largest absolute Gasteiger partial charge is 0.334 e. The molecule has 0 saturated carbocycles. The van der Waals surface area contributed by atoms with Crippen LogP contribution in [0.3, 0.4) is 0 Å². The highest BCUT2D eigenvalue weighted by Gasteiger charge is 2.26. The number of carbonyl (C=O) groups excluding carboxylic acids is 1. The van der Waals surface area contributed by atoms with Crippen molar-refractivity contribution in [3.05, 3.63) is 33.9 Å². The summed E-state index contributed by atoms with van der Waals surface area (Å²) in [6.07, 6.45) is 0. The van der Waals surface area contributed by atoms with E-state index in [1.54, 1.807) is 22.7 Å². The SMILES string of the molecule is CC1CSCCN1C(=O)c1ccc(NN)c([N+](=O)[O-])c1. The van der Waals surface area contributed by atoms with E-state index in [4.69, 9.17) is 5.84 Å². The van der Waals surface area contributed by atoms with Crippen LogP contribution in [0.4, 0.5) is 11.4 Å². The van der Waals surface area contributed by atoms with E-state index in [-0.39, 0.29) is 23.3 Å². The molecule has 20 heavy (non-hydrogen) atoms. The van der Waals surface area contributed by atoms with Crippen LogP contribution in [0.2, 0.25) is 0 Å². The molecule has 1 heterocycles. The molecule has 0 aliphatic carbocycles. The Kier molecular flexibility index (Phi) is 4.46. The fraction of sp³-hybridized carbons (Fsp3) is 0.417. The van der Waals surface area contributed by atoms with Crippen LogP contribution in [-0.4, -0.2) is 39.8 Å². The molecule has 1 unspecified atom stereocenters. The number of hydrazine groups is 1. The first kappa shape index (κ1) is 14.6. The molecular weight excluding hydrogens is 280 g/mol. The van der Waals surface area contributed by atoms with Crippen LogP contribution in [0.1, 0.15) is 17.3 Å². The Morgan fingerprint density at radius 3 is 2.95 bits per heavy atom. The predicted octanol–water partition coefficient (Wildman–Crippen LogP) is 1.46. The monoisotopic (exact) mass is 296 g/mol. The molecule has 1 atom stereocenters. The van der Waals surface area contributed by atoms with E-state index in [1.807, 2.05) is 6.92 Å². The van der Waals surface area contributed by atoms with Gasteiger partial charge in [0.05, 0.1) is 4.92 Å². The Labute approximate surface area is 120 Å². The molecule has 108 valence electrons. The molecule has 2 rings (SSSR count). The van der Waals surface area contributed by atoms with E-state index in [2.05, 4.69) is 5.43 Å². The van der Waals surface area contributed by atoms with Gasteiger partial charge >= 0.3 is 0 Å². The maximum atomic E-state index is 12.4. The van der Waals surface area contributed by atoms with Gasteiger partial charge < -0.3 is 10.3 Å². The van der Waals surface area contributed by atoms with E-state index in [0.29, 0.717) is 12.1 Å². The third-order valence-corrected chi connectivity index (χ3v) is 4.41. The maximum Gasteiger partial charge on any atom is 0.294 e. The van der Waals surface area contributed by atoms with Crippen LogP contribution >= 0.6 is 11.8 Å². The van der Waals surface area contributed by atoms with Crippen LogP contribution in [0, 0.1) is 10.1 Å². The fourth-order valence-electron chi connectivity index (χ4n) is 2.13. The van der Waals surface area contributed by atoms with Gasteiger partial charge in [0.15, 0.2) is 0 Å². The summed E-state index contributed by atoms with van der Waals surface area (Å²) >= 11 is 1.80. The minimum atomic E-state index is -0.554. The number of anilines is 1. The number of thioether (sulfide) groups is 1. The minimum Gasteiger partial charge on any atom is -0.334 e. The van der Waals surface area contributed by atoms with Crippen LogP contribution in [0.25, 0.3) is 0 Å². The van der Waals surface area contributed by atoms with E-state index in [1.165, 1.54) is 12.1 Å². The Morgan fingerprint density at radius 2 is 2.35 bits per heavy atom. The summed E-state index contributed by atoms with van der Waals surface area (Å²) in [6, 6.07) is 4.41. The van der Waals surface area contributed by atoms with Crippen molar-refractivity contribution in [2.24, 2.45) is 5.84 Å². The van der Waals surface area contributed by atoms with Crippen LogP contribution in [0.5, 0.6) is 0 Å². The van der Waals surface area contributed by atoms with Gasteiger partial charge in [-0.15, -0.1) is 0 Å². The lowest BCUT2D eigenvalue weighted by Crippen LogP contribution is -2.44. The third-order valence-electron chi connectivity index (χ3n) is 3.23. The van der Waals surface area contributed by atoms with Crippen molar-refractivity contribution in [1.82, 2.24) is 4.90 Å². The summed E-state index contributed by atoms with van der Waals surface area (Å²) in [7, 11) is 0. The fourth-order valence-corrected chi connectivity index (χ4v) is 3.15. The van der Waals surface area contributed by atoms with Gasteiger partial charge in [-0.05, 0) is 19.1 Å². The average Bonchev–Trinajstić information content (AvgIpc) is 2.46. The second-order valence-corrected chi connectivity index (χ2v) is 5.71. The predicted molar refractivity (Wildman–Crippen MR) is 78.7 cm³/mol. The highest BCUT2D eigenvalue weighted by Crippen LogP contribution is 2.26. The first-order valence-corrected chi connectivity index (χ1v) is 7.34. The van der Waals surface area contributed by atoms with Crippen molar-refractivity contribution in [2.75, 3.05) is 23.5 Å². The molecule has 0 aromatic heterocycles. The molecule has 1 fully saturated rings. The van der Waals surface area contributed by atoms with Crippen molar-refractivity contribution in [2.45, 2.75) is 13.0 Å². The smallest absolute Gasteiger partial charge is 0.294 e. The highest BCUT2D eigenvalue weighted by molar-refractivity contribution is 7.99. The van der Waals surface area contributed by atoms with Gasteiger partial charge in [0, 0.05) is 35.7 Å². The number of nitrogens with two attached hydrogens (primary N) is 1. The second kappa shape index (κ2) is 6.10. The van der Waals surface area contributed by atoms with Crippen LogP contribution in [-0.2, 0) is 0 Å². The van der Waals surface area contributed by atoms with Crippen LogP contribution < -0.4 is 11.3 Å². The molecule has 7 nitrogen and oxygen atoms in total. The van der Waals surface area contributed by atoms with E-state index < -0.39 is 4.92 Å². The van der Waals surface area contributed by atoms with Gasteiger partial charge in [0.1, 0.15) is 5.69 Å². The second-order valence-electron chi connectivity index (χ2n) is 4.56. The number of hydrogen-bond acceptors (Lipinski definition) is 6. The quantitative estimate of drug-likeness (QED) is 0.497. The first-order valence-electron chi connectivity index (χ1n) is 6.18. The molecule has 3 N–H and O–H groups in total. The zero-order chi connectivity index (χ0) is 14.7. The van der Waals surface area contributed by atoms with Crippen molar-refractivity contribution < 1.29 is 9.72 Å². The topological polar surface area (TPSA) is 102 Å². The lowest BCUT2D eigenvalue weighted by atomic mass is 10.1. The third kappa shape index (κ3) is 2.86. The van der Waals surface area contributed by atoms with Gasteiger partial charge in [0.25, 0.3) is 11.6 Å². The average molecular weight is 296 g/mol. The minimum absolute atomic E-state index is 0.132. The van der Waals surface area contributed by atoms with Gasteiger partial charge in [0.2, 0.25) is 0 Å². The first-order chi connectivity index (χ1) is 9.54. The summed E-state index contributed by atoms with van der Waals surface area (Å²) in [6.45, 7) is 2.64. The number of nitro benzene ring substituents is 1. The Morgan fingerprint density at radius 1 is 1.60 bits per heavy atom. The number of benzene rings is 1. The Hall–Kier alpha value is -1.80. The van der Waals surface area contributed by atoms with Gasteiger partial charge in [-0.3, -0.25) is 20.8 Å². The van der Waals surface area contributed by atoms with Crippen LogP contribution in [0.15, 0.2) is 18.2 Å². The molecule has 1 amide bonds. The number of nitrogens with one attached hydrogen (secondary N) is 1.